The Morgan fingerprint density at radius 3 is 2.36 bits per heavy atom. The number of rotatable bonds is 4. The quantitative estimate of drug-likeness (QED) is 0.649. The largest absolute Gasteiger partial charge is 0.481 e. The first-order valence-electron chi connectivity index (χ1n) is 6.96. The van der Waals surface area contributed by atoms with Gasteiger partial charge in [0.1, 0.15) is 5.92 Å². The van der Waals surface area contributed by atoms with Crippen molar-refractivity contribution in [2.24, 2.45) is 11.8 Å². The van der Waals surface area contributed by atoms with E-state index in [-0.39, 0.29) is 5.78 Å². The second-order valence-electron chi connectivity index (χ2n) is 5.43. The summed E-state index contributed by atoms with van der Waals surface area (Å²) in [5, 5.41) is 12.0. The fourth-order valence-electron chi connectivity index (χ4n) is 3.03. The van der Waals surface area contributed by atoms with Crippen LogP contribution in [0.15, 0.2) is 36.4 Å². The Morgan fingerprint density at radius 1 is 1.09 bits per heavy atom. The summed E-state index contributed by atoms with van der Waals surface area (Å²) in [5.74, 6) is -3.38. The molecule has 6 nitrogen and oxygen atoms in total. The van der Waals surface area contributed by atoms with Crippen LogP contribution in [0.25, 0.3) is 0 Å². The maximum Gasteiger partial charge on any atom is 0.310 e. The van der Waals surface area contributed by atoms with Crippen LogP contribution in [0, 0.1) is 11.8 Å². The summed E-state index contributed by atoms with van der Waals surface area (Å²) in [7, 11) is 0. The van der Waals surface area contributed by atoms with Crippen molar-refractivity contribution in [1.29, 1.82) is 0 Å². The van der Waals surface area contributed by atoms with Crippen LogP contribution in [-0.4, -0.2) is 35.0 Å². The summed E-state index contributed by atoms with van der Waals surface area (Å²) in [6.07, 6.45) is 2.29. The van der Waals surface area contributed by atoms with Crippen LogP contribution in [0.3, 0.4) is 0 Å². The first kappa shape index (κ1) is 14.5. The summed E-state index contributed by atoms with van der Waals surface area (Å²) in [6, 6.07) is 6.64. The number of benzene rings is 1. The molecule has 1 aromatic rings. The average molecular weight is 301 g/mol. The Bertz CT molecular complexity index is 681. The number of hydrogen-bond donors (Lipinski definition) is 2. The van der Waals surface area contributed by atoms with Crippen molar-refractivity contribution in [1.82, 2.24) is 0 Å². The van der Waals surface area contributed by atoms with Crippen molar-refractivity contribution in [2.75, 3.05) is 5.32 Å². The van der Waals surface area contributed by atoms with E-state index in [0.717, 1.165) is 0 Å². The topological polar surface area (TPSA) is 92.7 Å². The monoisotopic (exact) mass is 301 g/mol. The second kappa shape index (κ2) is 5.38. The maximum atomic E-state index is 12.5. The number of carboxylic acids is 1. The maximum absolute atomic E-state index is 12.5. The predicted molar refractivity (Wildman–Crippen MR) is 77.5 cm³/mol. The Morgan fingerprint density at radius 2 is 1.73 bits per heavy atom. The molecule has 1 aromatic carbocycles. The fourth-order valence-corrected chi connectivity index (χ4v) is 3.03. The SMILES string of the molecule is CC(=O)c1ccccc1NC(=O)[C@H]1[C@@H](C(=O)O)[C@@H]2C=C[C@H]1O2. The lowest BCUT2D eigenvalue weighted by molar-refractivity contribution is -0.145. The van der Waals surface area contributed by atoms with Gasteiger partial charge in [0.25, 0.3) is 0 Å². The summed E-state index contributed by atoms with van der Waals surface area (Å²) < 4.78 is 5.48. The molecule has 1 fully saturated rings. The molecule has 0 spiro atoms. The highest BCUT2D eigenvalue weighted by molar-refractivity contribution is 6.05. The molecule has 2 aliphatic rings. The number of ether oxygens (including phenoxy) is 1. The number of fused-ring (bicyclic) bond motifs is 2. The molecule has 2 heterocycles. The Balaban J connectivity index is 1.85. The number of anilines is 1. The molecule has 2 N–H and O–H groups in total. The number of hydrogen-bond acceptors (Lipinski definition) is 4. The standard InChI is InChI=1S/C16H15NO5/c1-8(18)9-4-2-3-5-10(9)17-15(19)13-11-6-7-12(22-11)14(13)16(20)21/h2-7,11-14H,1H3,(H,17,19)(H,20,21)/t11-,12+,13-,14+/m1/s1. The minimum absolute atomic E-state index is 0.172. The van der Waals surface area contributed by atoms with Crippen LogP contribution in [0.4, 0.5) is 5.69 Å². The molecule has 4 atom stereocenters. The molecule has 22 heavy (non-hydrogen) atoms. The molecule has 0 saturated carbocycles. The van der Waals surface area contributed by atoms with Crippen LogP contribution in [0.5, 0.6) is 0 Å². The van der Waals surface area contributed by atoms with E-state index in [1.165, 1.54) is 6.92 Å². The smallest absolute Gasteiger partial charge is 0.310 e. The van der Waals surface area contributed by atoms with Crippen molar-refractivity contribution < 1.29 is 24.2 Å². The zero-order valence-corrected chi connectivity index (χ0v) is 11.9. The van der Waals surface area contributed by atoms with E-state index >= 15 is 0 Å². The molecule has 2 bridgehead atoms. The van der Waals surface area contributed by atoms with Gasteiger partial charge in [-0.25, -0.2) is 0 Å². The van der Waals surface area contributed by atoms with E-state index in [4.69, 9.17) is 4.74 Å². The number of Topliss-reactive ketones (excluding diaryl/α,β-unsaturated/α-hetero) is 1. The molecule has 6 heteroatoms. The fraction of sp³-hybridized carbons (Fsp3) is 0.312. The van der Waals surface area contributed by atoms with Gasteiger partial charge in [-0.05, 0) is 19.1 Å². The number of amides is 1. The summed E-state index contributed by atoms with van der Waals surface area (Å²) in [5.41, 5.74) is 0.776. The molecular formula is C16H15NO5. The van der Waals surface area contributed by atoms with Gasteiger partial charge in [-0.1, -0.05) is 24.3 Å². The number of para-hydroxylation sites is 1. The number of carboxylic acid groups (broad SMARTS) is 1. The van der Waals surface area contributed by atoms with Crippen LogP contribution >= 0.6 is 0 Å². The third kappa shape index (κ3) is 2.31. The van der Waals surface area contributed by atoms with Crippen molar-refractivity contribution in [3.05, 3.63) is 42.0 Å². The molecule has 0 aliphatic carbocycles. The average Bonchev–Trinajstić information content (AvgIpc) is 3.08. The molecule has 0 radical (unpaired) electrons. The number of nitrogens with one attached hydrogen (secondary N) is 1. The van der Waals surface area contributed by atoms with Gasteiger partial charge in [0, 0.05) is 5.56 Å². The highest BCUT2D eigenvalue weighted by Gasteiger charge is 2.53. The van der Waals surface area contributed by atoms with E-state index in [1.807, 2.05) is 0 Å². The molecule has 0 aromatic heterocycles. The molecule has 0 unspecified atom stereocenters. The van der Waals surface area contributed by atoms with Gasteiger partial charge in [0.2, 0.25) is 5.91 Å². The van der Waals surface area contributed by atoms with Crippen molar-refractivity contribution >= 4 is 23.3 Å². The van der Waals surface area contributed by atoms with Gasteiger partial charge in [0.05, 0.1) is 23.8 Å². The zero-order valence-electron chi connectivity index (χ0n) is 11.9. The van der Waals surface area contributed by atoms with E-state index in [0.29, 0.717) is 11.3 Å². The van der Waals surface area contributed by atoms with E-state index < -0.39 is 35.9 Å². The highest BCUT2D eigenvalue weighted by atomic mass is 16.5. The van der Waals surface area contributed by atoms with Crippen molar-refractivity contribution in [2.45, 2.75) is 19.1 Å². The lowest BCUT2D eigenvalue weighted by Gasteiger charge is -2.21. The van der Waals surface area contributed by atoms with Crippen LogP contribution in [0.1, 0.15) is 17.3 Å². The highest BCUT2D eigenvalue weighted by Crippen LogP contribution is 2.40. The third-order valence-corrected chi connectivity index (χ3v) is 4.05. The molecule has 1 saturated heterocycles. The van der Waals surface area contributed by atoms with Gasteiger partial charge >= 0.3 is 5.97 Å². The number of ketones is 1. The minimum atomic E-state index is -1.06. The Labute approximate surface area is 126 Å². The summed E-state index contributed by atoms with van der Waals surface area (Å²) in [6.45, 7) is 1.41. The molecule has 3 rings (SSSR count). The molecular weight excluding hydrogens is 286 g/mol. The van der Waals surface area contributed by atoms with E-state index in [2.05, 4.69) is 5.32 Å². The third-order valence-electron chi connectivity index (χ3n) is 4.05. The number of aliphatic carboxylic acids is 1. The zero-order chi connectivity index (χ0) is 15.9. The van der Waals surface area contributed by atoms with Crippen molar-refractivity contribution in [3.8, 4) is 0 Å². The lowest BCUT2D eigenvalue weighted by Crippen LogP contribution is -2.39. The Hall–Kier alpha value is -2.47. The second-order valence-corrected chi connectivity index (χ2v) is 5.43. The number of carbonyl (C=O) groups is 3. The summed E-state index contributed by atoms with van der Waals surface area (Å²) >= 11 is 0. The molecule has 1 amide bonds. The van der Waals surface area contributed by atoms with Crippen LogP contribution in [-0.2, 0) is 14.3 Å². The Kier molecular flexibility index (Phi) is 3.54. The predicted octanol–water partition coefficient (Wildman–Crippen LogP) is 1.48. The normalized spacial score (nSPS) is 28.6. The van der Waals surface area contributed by atoms with Gasteiger partial charge in [0.15, 0.2) is 5.78 Å². The van der Waals surface area contributed by atoms with Gasteiger partial charge in [-0.2, -0.15) is 0 Å². The van der Waals surface area contributed by atoms with Gasteiger partial charge in [-0.3, -0.25) is 14.4 Å². The van der Waals surface area contributed by atoms with Gasteiger partial charge < -0.3 is 15.2 Å². The van der Waals surface area contributed by atoms with E-state index in [1.54, 1.807) is 36.4 Å². The van der Waals surface area contributed by atoms with Gasteiger partial charge in [-0.15, -0.1) is 0 Å². The first-order valence-corrected chi connectivity index (χ1v) is 6.96. The van der Waals surface area contributed by atoms with E-state index in [9.17, 15) is 19.5 Å². The van der Waals surface area contributed by atoms with Crippen LogP contribution < -0.4 is 5.32 Å². The lowest BCUT2D eigenvalue weighted by atomic mass is 9.82. The first-order chi connectivity index (χ1) is 10.5. The number of carbonyl (C=O) groups excluding carboxylic acids is 2. The molecule has 114 valence electrons. The minimum Gasteiger partial charge on any atom is -0.481 e. The van der Waals surface area contributed by atoms with Crippen LogP contribution in [0.2, 0.25) is 0 Å². The summed E-state index contributed by atoms with van der Waals surface area (Å²) in [4.78, 5) is 35.5. The van der Waals surface area contributed by atoms with Crippen molar-refractivity contribution in [3.63, 3.8) is 0 Å². The molecule has 2 aliphatic heterocycles.